The van der Waals surface area contributed by atoms with Gasteiger partial charge in [-0.05, 0) is 50.7 Å². The predicted molar refractivity (Wildman–Crippen MR) is 128 cm³/mol. The topological polar surface area (TPSA) is 30.0 Å². The summed E-state index contributed by atoms with van der Waals surface area (Å²) in [6.07, 6.45) is 4.67. The lowest BCUT2D eigenvalue weighted by Gasteiger charge is -2.17. The number of nitrogens with zero attached hydrogens (tertiary/aromatic N) is 1. The molecule has 2 aromatic carbocycles. The van der Waals surface area contributed by atoms with Crippen LogP contribution in [-0.2, 0) is 12.8 Å². The first-order chi connectivity index (χ1) is 14.1. The molecule has 30 heavy (non-hydrogen) atoms. The van der Waals surface area contributed by atoms with Gasteiger partial charge >= 0.3 is 0 Å². The highest BCUT2D eigenvalue weighted by Crippen LogP contribution is 2.43. The molecule has 0 aliphatic heterocycles. The van der Waals surface area contributed by atoms with E-state index in [-0.39, 0.29) is 18.2 Å². The van der Waals surface area contributed by atoms with Crippen LogP contribution in [0.1, 0.15) is 50.5 Å². The molecule has 2 nitrogen and oxygen atoms in total. The standard InChI is InChI=1S/C26H23NOS.ClH/c1-16-9-8-12-19(15-16)23-22(25(28)18-10-4-3-5-11-18)17(2)27-26-24(23)20-13-6-7-14-21(20)29-26;/h3-5,8-12,15H,6-7,13-14H2,1-2H3;1H. The van der Waals surface area contributed by atoms with Crippen molar-refractivity contribution in [3.8, 4) is 11.1 Å². The van der Waals surface area contributed by atoms with Crippen LogP contribution < -0.4 is 0 Å². The number of hydrogen-bond donors (Lipinski definition) is 0. The van der Waals surface area contributed by atoms with Crippen molar-refractivity contribution in [1.29, 1.82) is 0 Å². The molecule has 0 radical (unpaired) electrons. The fourth-order valence-electron chi connectivity index (χ4n) is 4.50. The molecule has 0 N–H and O–H groups in total. The largest absolute Gasteiger partial charge is 0.289 e. The molecule has 2 heterocycles. The lowest BCUT2D eigenvalue weighted by atomic mass is 9.87. The van der Waals surface area contributed by atoms with Crippen molar-refractivity contribution in [3.63, 3.8) is 0 Å². The van der Waals surface area contributed by atoms with Crippen LogP contribution in [0.25, 0.3) is 21.3 Å². The zero-order valence-corrected chi connectivity index (χ0v) is 18.8. The van der Waals surface area contributed by atoms with Crippen LogP contribution in [0.15, 0.2) is 54.6 Å². The monoisotopic (exact) mass is 433 g/mol. The molecule has 0 unspecified atom stereocenters. The molecule has 0 fully saturated rings. The van der Waals surface area contributed by atoms with Gasteiger partial charge in [-0.3, -0.25) is 4.79 Å². The Bertz CT molecular complexity index is 1240. The van der Waals surface area contributed by atoms with Crippen LogP contribution in [-0.4, -0.2) is 10.8 Å². The zero-order valence-electron chi connectivity index (χ0n) is 17.2. The maximum absolute atomic E-state index is 13.6. The molecule has 1 aliphatic rings. The average molecular weight is 434 g/mol. The number of carbonyl (C=O) groups is 1. The Kier molecular flexibility index (Phi) is 5.77. The summed E-state index contributed by atoms with van der Waals surface area (Å²) >= 11 is 1.82. The van der Waals surface area contributed by atoms with E-state index in [1.165, 1.54) is 34.2 Å². The SMILES string of the molecule is Cc1cccc(-c2c(C(=O)c3ccccc3)c(C)nc3sc4c(c23)CCCC4)c1.Cl. The third-order valence-electron chi connectivity index (χ3n) is 5.85. The van der Waals surface area contributed by atoms with Crippen LogP contribution in [0.5, 0.6) is 0 Å². The van der Waals surface area contributed by atoms with Crippen LogP contribution in [0.3, 0.4) is 0 Å². The molecule has 5 rings (SSSR count). The van der Waals surface area contributed by atoms with E-state index in [2.05, 4.69) is 31.2 Å². The molecule has 4 aromatic rings. The first-order valence-electron chi connectivity index (χ1n) is 10.2. The van der Waals surface area contributed by atoms with Gasteiger partial charge in [-0.15, -0.1) is 23.7 Å². The smallest absolute Gasteiger partial charge is 0.195 e. The molecule has 152 valence electrons. The summed E-state index contributed by atoms with van der Waals surface area (Å²) in [4.78, 5) is 21.1. The number of ketones is 1. The first kappa shape index (κ1) is 20.8. The second-order valence-corrected chi connectivity index (χ2v) is 8.99. The lowest BCUT2D eigenvalue weighted by Crippen LogP contribution is -2.09. The number of pyridine rings is 1. The number of benzene rings is 2. The van der Waals surface area contributed by atoms with Crippen molar-refractivity contribution < 1.29 is 4.79 Å². The molecule has 0 amide bonds. The van der Waals surface area contributed by atoms with Crippen molar-refractivity contribution in [2.45, 2.75) is 39.5 Å². The molecule has 1 aliphatic carbocycles. The van der Waals surface area contributed by atoms with E-state index in [0.717, 1.165) is 45.6 Å². The van der Waals surface area contributed by atoms with Gasteiger partial charge in [0.25, 0.3) is 0 Å². The van der Waals surface area contributed by atoms with Crippen molar-refractivity contribution in [1.82, 2.24) is 4.98 Å². The number of hydrogen-bond acceptors (Lipinski definition) is 3. The Hall–Kier alpha value is -2.49. The van der Waals surface area contributed by atoms with E-state index in [9.17, 15) is 4.79 Å². The van der Waals surface area contributed by atoms with Gasteiger partial charge in [0.05, 0.1) is 11.3 Å². The maximum atomic E-state index is 13.6. The molecule has 4 heteroatoms. The van der Waals surface area contributed by atoms with Gasteiger partial charge in [-0.2, -0.15) is 0 Å². The van der Waals surface area contributed by atoms with Crippen LogP contribution in [0, 0.1) is 13.8 Å². The van der Waals surface area contributed by atoms with E-state index in [0.29, 0.717) is 0 Å². The van der Waals surface area contributed by atoms with E-state index in [4.69, 9.17) is 4.98 Å². The quantitative estimate of drug-likeness (QED) is 0.322. The number of carbonyl (C=O) groups excluding carboxylic acids is 1. The molecule has 0 bridgehead atoms. The van der Waals surface area contributed by atoms with Crippen LogP contribution >= 0.6 is 23.7 Å². The molecule has 0 atom stereocenters. The molecule has 0 spiro atoms. The van der Waals surface area contributed by atoms with Gasteiger partial charge in [0, 0.05) is 21.4 Å². The number of rotatable bonds is 3. The van der Waals surface area contributed by atoms with Gasteiger partial charge < -0.3 is 0 Å². The normalized spacial score (nSPS) is 13.0. The summed E-state index contributed by atoms with van der Waals surface area (Å²) in [6.45, 7) is 4.09. The Labute approximate surface area is 187 Å². The van der Waals surface area contributed by atoms with Gasteiger partial charge in [-0.1, -0.05) is 60.2 Å². The zero-order chi connectivity index (χ0) is 20.0. The Morgan fingerprint density at radius 1 is 0.967 bits per heavy atom. The number of aryl methyl sites for hydroxylation is 4. The third kappa shape index (κ3) is 3.46. The van der Waals surface area contributed by atoms with Gasteiger partial charge in [0.15, 0.2) is 5.78 Å². The molecule has 0 saturated heterocycles. The van der Waals surface area contributed by atoms with Gasteiger partial charge in [0.1, 0.15) is 4.83 Å². The maximum Gasteiger partial charge on any atom is 0.195 e. The first-order valence-corrected chi connectivity index (χ1v) is 11.1. The van der Waals surface area contributed by atoms with E-state index >= 15 is 0 Å². The van der Waals surface area contributed by atoms with E-state index in [1.807, 2.05) is 48.6 Å². The number of thiophene rings is 1. The fourth-order valence-corrected chi connectivity index (χ4v) is 5.82. The Morgan fingerprint density at radius 3 is 2.50 bits per heavy atom. The Balaban J connectivity index is 0.00000218. The second kappa shape index (κ2) is 8.33. The molecular formula is C26H24ClNOS. The summed E-state index contributed by atoms with van der Waals surface area (Å²) in [5.74, 6) is 0.0600. The van der Waals surface area contributed by atoms with Crippen LogP contribution in [0.2, 0.25) is 0 Å². The average Bonchev–Trinajstić information content (AvgIpc) is 3.10. The van der Waals surface area contributed by atoms with Crippen LogP contribution in [0.4, 0.5) is 0 Å². The summed E-state index contributed by atoms with van der Waals surface area (Å²) < 4.78 is 0. The van der Waals surface area contributed by atoms with E-state index < -0.39 is 0 Å². The van der Waals surface area contributed by atoms with Crippen molar-refractivity contribution in [2.75, 3.05) is 0 Å². The predicted octanol–water partition coefficient (Wildman–Crippen LogP) is 7.11. The summed E-state index contributed by atoms with van der Waals surface area (Å²) in [5.41, 5.74) is 7.10. The van der Waals surface area contributed by atoms with Gasteiger partial charge in [0.2, 0.25) is 0 Å². The van der Waals surface area contributed by atoms with Crippen molar-refractivity contribution in [3.05, 3.63) is 87.4 Å². The highest BCUT2D eigenvalue weighted by atomic mass is 35.5. The number of fused-ring (bicyclic) bond motifs is 3. The minimum absolute atomic E-state index is 0. The molecular weight excluding hydrogens is 410 g/mol. The van der Waals surface area contributed by atoms with E-state index in [1.54, 1.807) is 0 Å². The number of aromatic nitrogens is 1. The third-order valence-corrected chi connectivity index (χ3v) is 7.04. The molecule has 2 aromatic heterocycles. The lowest BCUT2D eigenvalue weighted by molar-refractivity contribution is 0.103. The summed E-state index contributed by atoms with van der Waals surface area (Å²) in [5, 5.41) is 1.21. The molecule has 0 saturated carbocycles. The number of halogens is 1. The minimum atomic E-state index is 0. The van der Waals surface area contributed by atoms with Crippen molar-refractivity contribution in [2.24, 2.45) is 0 Å². The summed E-state index contributed by atoms with van der Waals surface area (Å²) in [7, 11) is 0. The van der Waals surface area contributed by atoms with Gasteiger partial charge in [-0.25, -0.2) is 4.98 Å². The second-order valence-electron chi connectivity index (χ2n) is 7.90. The minimum Gasteiger partial charge on any atom is -0.289 e. The highest BCUT2D eigenvalue weighted by molar-refractivity contribution is 7.19. The summed E-state index contributed by atoms with van der Waals surface area (Å²) in [6, 6.07) is 18.1. The fraction of sp³-hybridized carbons (Fsp3) is 0.231. The highest BCUT2D eigenvalue weighted by Gasteiger charge is 2.26. The van der Waals surface area contributed by atoms with Crippen molar-refractivity contribution >= 4 is 39.7 Å². The Morgan fingerprint density at radius 2 is 1.73 bits per heavy atom.